The average molecular weight is 229 g/mol. The fraction of sp³-hybridized carbons (Fsp3) is 0.900. The van der Waals surface area contributed by atoms with Gasteiger partial charge in [0.05, 0.1) is 19.1 Å². The second-order valence-electron chi connectivity index (χ2n) is 4.29. The average Bonchev–Trinajstić information content (AvgIpc) is 2.75. The molecule has 2 fully saturated rings. The van der Waals surface area contributed by atoms with E-state index in [4.69, 9.17) is 10.6 Å². The first-order valence-electron chi connectivity index (χ1n) is 5.82. The van der Waals surface area contributed by atoms with E-state index in [-0.39, 0.29) is 5.97 Å². The molecule has 3 N–H and O–H groups in total. The predicted molar refractivity (Wildman–Crippen MR) is 57.0 cm³/mol. The maximum Gasteiger partial charge on any atom is 0.327 e. The van der Waals surface area contributed by atoms with Crippen molar-refractivity contribution >= 4 is 5.97 Å². The monoisotopic (exact) mass is 229 g/mol. The Hall–Kier alpha value is -0.690. The van der Waals surface area contributed by atoms with Crippen LogP contribution < -0.4 is 11.4 Å². The smallest absolute Gasteiger partial charge is 0.327 e. The maximum absolute atomic E-state index is 11.2. The van der Waals surface area contributed by atoms with Crippen molar-refractivity contribution in [2.24, 2.45) is 5.84 Å². The predicted octanol–water partition coefficient (Wildman–Crippen LogP) is -0.449. The number of nitrogens with one attached hydrogen (secondary N) is 1. The van der Waals surface area contributed by atoms with Crippen LogP contribution in [0.15, 0.2) is 0 Å². The summed E-state index contributed by atoms with van der Waals surface area (Å²) < 4.78 is 5.70. The molecule has 0 aromatic rings. The van der Waals surface area contributed by atoms with Crippen LogP contribution in [-0.2, 0) is 14.4 Å². The highest BCUT2D eigenvalue weighted by molar-refractivity contribution is 5.69. The number of nitrogens with two attached hydrogens (primary N) is 1. The van der Waals surface area contributed by atoms with Crippen molar-refractivity contribution < 1.29 is 14.4 Å². The van der Waals surface area contributed by atoms with Crippen molar-refractivity contribution in [3.63, 3.8) is 0 Å². The highest BCUT2D eigenvalue weighted by Crippen LogP contribution is 2.29. The van der Waals surface area contributed by atoms with Gasteiger partial charge in [0.2, 0.25) is 0 Å². The van der Waals surface area contributed by atoms with E-state index < -0.39 is 0 Å². The summed E-state index contributed by atoms with van der Waals surface area (Å²) in [4.78, 5) is 18.0. The fourth-order valence-corrected chi connectivity index (χ4v) is 2.64. The number of carbonyl (C=O) groups is 1. The van der Waals surface area contributed by atoms with Gasteiger partial charge in [-0.3, -0.25) is 9.69 Å². The number of hydrogen-bond acceptors (Lipinski definition) is 6. The van der Waals surface area contributed by atoms with Crippen LogP contribution in [0, 0.1) is 0 Å². The van der Waals surface area contributed by atoms with Gasteiger partial charge in [0, 0.05) is 19.1 Å². The number of hydrazine groups is 1. The number of morpholine rings is 1. The normalized spacial score (nSPS) is 30.1. The van der Waals surface area contributed by atoms with Crippen molar-refractivity contribution in [3.8, 4) is 0 Å². The van der Waals surface area contributed by atoms with Crippen LogP contribution >= 0.6 is 0 Å². The van der Waals surface area contributed by atoms with Crippen molar-refractivity contribution in [2.75, 3.05) is 19.7 Å². The van der Waals surface area contributed by atoms with E-state index in [1.807, 2.05) is 5.59 Å². The third-order valence-corrected chi connectivity index (χ3v) is 3.37. The third-order valence-electron chi connectivity index (χ3n) is 3.37. The summed E-state index contributed by atoms with van der Waals surface area (Å²) in [5.74, 6) is 4.58. The first-order chi connectivity index (χ1) is 7.81. The summed E-state index contributed by atoms with van der Waals surface area (Å²) in [7, 11) is 0. The van der Waals surface area contributed by atoms with E-state index in [9.17, 15) is 4.79 Å². The Balaban J connectivity index is 1.77. The topological polar surface area (TPSA) is 76.8 Å². The van der Waals surface area contributed by atoms with Gasteiger partial charge < -0.3 is 9.57 Å². The molecule has 2 unspecified atom stereocenters. The van der Waals surface area contributed by atoms with Crippen LogP contribution in [0.2, 0.25) is 0 Å². The summed E-state index contributed by atoms with van der Waals surface area (Å²) in [5, 5.41) is 0. The Morgan fingerprint density at radius 3 is 3.25 bits per heavy atom. The van der Waals surface area contributed by atoms with Crippen molar-refractivity contribution in [2.45, 2.75) is 37.8 Å². The highest BCUT2D eigenvalue weighted by Gasteiger charge is 2.35. The molecule has 0 aromatic heterocycles. The lowest BCUT2D eigenvalue weighted by Crippen LogP contribution is -2.49. The molecule has 2 atom stereocenters. The van der Waals surface area contributed by atoms with E-state index in [2.05, 4.69) is 9.74 Å². The zero-order chi connectivity index (χ0) is 11.4. The highest BCUT2D eigenvalue weighted by atomic mass is 16.7. The quantitative estimate of drug-likeness (QED) is 0.502. The van der Waals surface area contributed by atoms with Gasteiger partial charge >= 0.3 is 5.97 Å². The minimum absolute atomic E-state index is 0.316. The first kappa shape index (κ1) is 11.8. The SMILES string of the molecule is NNOC(=O)CCN1CCOC2CCCC21. The number of rotatable bonds is 4. The van der Waals surface area contributed by atoms with E-state index in [1.54, 1.807) is 0 Å². The molecule has 0 radical (unpaired) electrons. The van der Waals surface area contributed by atoms with Gasteiger partial charge in [-0.15, -0.1) is 0 Å². The molecule has 0 amide bonds. The lowest BCUT2D eigenvalue weighted by Gasteiger charge is -2.37. The molecule has 0 spiro atoms. The largest absolute Gasteiger partial charge is 0.375 e. The molecule has 92 valence electrons. The molecule has 1 aliphatic heterocycles. The Bertz CT molecular complexity index is 249. The molecule has 1 heterocycles. The van der Waals surface area contributed by atoms with E-state index in [0.717, 1.165) is 26.1 Å². The lowest BCUT2D eigenvalue weighted by atomic mass is 10.1. The maximum atomic E-state index is 11.2. The molecule has 0 bridgehead atoms. The zero-order valence-electron chi connectivity index (χ0n) is 9.35. The van der Waals surface area contributed by atoms with Gasteiger partial charge in [-0.25, -0.2) is 5.84 Å². The van der Waals surface area contributed by atoms with E-state index in [0.29, 0.717) is 18.6 Å². The summed E-state index contributed by atoms with van der Waals surface area (Å²) in [6.07, 6.45) is 4.29. The minimum Gasteiger partial charge on any atom is -0.375 e. The molecule has 2 aliphatic rings. The Morgan fingerprint density at radius 2 is 2.44 bits per heavy atom. The van der Waals surface area contributed by atoms with Crippen LogP contribution in [0.3, 0.4) is 0 Å². The molecule has 16 heavy (non-hydrogen) atoms. The Morgan fingerprint density at radius 1 is 1.56 bits per heavy atom. The molecule has 1 aliphatic carbocycles. The molecule has 6 nitrogen and oxygen atoms in total. The van der Waals surface area contributed by atoms with Crippen molar-refractivity contribution in [3.05, 3.63) is 0 Å². The standard InChI is InChI=1S/C10H19N3O3/c11-12-16-10(14)4-5-13-6-7-15-9-3-1-2-8(9)13/h8-9,12H,1-7,11H2. The number of fused-ring (bicyclic) bond motifs is 1. The molecule has 1 saturated carbocycles. The van der Waals surface area contributed by atoms with Crippen LogP contribution in [-0.4, -0.2) is 42.7 Å². The Kier molecular flexibility index (Phi) is 4.11. The van der Waals surface area contributed by atoms with Gasteiger partial charge in [-0.1, -0.05) is 5.59 Å². The minimum atomic E-state index is -0.316. The number of ether oxygens (including phenoxy) is 1. The molecular weight excluding hydrogens is 210 g/mol. The van der Waals surface area contributed by atoms with Gasteiger partial charge in [0.25, 0.3) is 0 Å². The number of nitrogens with zero attached hydrogens (tertiary/aromatic N) is 1. The summed E-state index contributed by atoms with van der Waals surface area (Å²) in [5.41, 5.74) is 1.91. The van der Waals surface area contributed by atoms with Gasteiger partial charge in [-0.05, 0) is 19.3 Å². The summed E-state index contributed by atoms with van der Waals surface area (Å²) >= 11 is 0. The zero-order valence-corrected chi connectivity index (χ0v) is 9.35. The molecule has 0 aromatic carbocycles. The van der Waals surface area contributed by atoms with Gasteiger partial charge in [0.1, 0.15) is 0 Å². The van der Waals surface area contributed by atoms with Crippen molar-refractivity contribution in [1.82, 2.24) is 10.5 Å². The van der Waals surface area contributed by atoms with Crippen LogP contribution in [0.5, 0.6) is 0 Å². The van der Waals surface area contributed by atoms with Crippen LogP contribution in [0.25, 0.3) is 0 Å². The third kappa shape index (κ3) is 2.70. The first-order valence-corrected chi connectivity index (χ1v) is 5.82. The summed E-state index contributed by atoms with van der Waals surface area (Å²) in [6, 6.07) is 0.493. The number of carbonyl (C=O) groups excluding carboxylic acids is 1. The molecule has 2 rings (SSSR count). The molecular formula is C10H19N3O3. The van der Waals surface area contributed by atoms with E-state index in [1.165, 1.54) is 12.8 Å². The second kappa shape index (κ2) is 5.58. The van der Waals surface area contributed by atoms with Crippen LogP contribution in [0.1, 0.15) is 25.7 Å². The molecule has 6 heteroatoms. The van der Waals surface area contributed by atoms with Crippen molar-refractivity contribution in [1.29, 1.82) is 0 Å². The molecule has 1 saturated heterocycles. The lowest BCUT2D eigenvalue weighted by molar-refractivity contribution is -0.152. The fourth-order valence-electron chi connectivity index (χ4n) is 2.64. The van der Waals surface area contributed by atoms with E-state index >= 15 is 0 Å². The summed E-state index contributed by atoms with van der Waals surface area (Å²) in [6.45, 7) is 2.40. The van der Waals surface area contributed by atoms with Gasteiger partial charge in [-0.2, -0.15) is 0 Å². The second-order valence-corrected chi connectivity index (χ2v) is 4.29. The van der Waals surface area contributed by atoms with Gasteiger partial charge in [0.15, 0.2) is 0 Å². The Labute approximate surface area is 95.0 Å². The van der Waals surface area contributed by atoms with Crippen LogP contribution in [0.4, 0.5) is 0 Å². The number of hydrogen-bond donors (Lipinski definition) is 2.